The van der Waals surface area contributed by atoms with Crippen LogP contribution in [0.5, 0.6) is 5.75 Å². The highest BCUT2D eigenvalue weighted by Crippen LogP contribution is 2.33. The molecule has 3 heteroatoms. The first-order valence-corrected chi connectivity index (χ1v) is 15.2. The molecule has 2 aromatic carbocycles. The highest BCUT2D eigenvalue weighted by atomic mass is 16.5. The Hall–Kier alpha value is -2.42. The van der Waals surface area contributed by atoms with Crippen LogP contribution in [-0.2, 0) is 0 Å². The van der Waals surface area contributed by atoms with E-state index in [-0.39, 0.29) is 11.6 Å². The Morgan fingerprint density at radius 3 is 1.43 bits per heavy atom. The quantitative estimate of drug-likeness (QED) is 0.144. The maximum absolute atomic E-state index is 13.0. The molecule has 1 aliphatic rings. The summed E-state index contributed by atoms with van der Waals surface area (Å²) >= 11 is 0. The third kappa shape index (κ3) is 9.43. The van der Waals surface area contributed by atoms with E-state index in [1.165, 1.54) is 103 Å². The Bertz CT molecular complexity index is 961. The lowest BCUT2D eigenvalue weighted by atomic mass is 9.83. The van der Waals surface area contributed by atoms with Crippen LogP contribution in [0.15, 0.2) is 42.5 Å². The summed E-state index contributed by atoms with van der Waals surface area (Å²) in [5.74, 6) is 0.333. The Morgan fingerprint density at radius 2 is 0.919 bits per heavy atom. The fraction of sp³-hybridized carbons (Fsp3) is 0.588. The largest absolute Gasteiger partial charge is 0.493 e. The van der Waals surface area contributed by atoms with E-state index < -0.39 is 0 Å². The average Bonchev–Trinajstić information content (AvgIpc) is 2.93. The highest BCUT2D eigenvalue weighted by Gasteiger charge is 2.31. The normalized spacial score (nSPS) is 12.5. The van der Waals surface area contributed by atoms with Gasteiger partial charge < -0.3 is 4.74 Å². The number of carbonyl (C=O) groups excluding carboxylic acids is 2. The minimum atomic E-state index is -0.112. The third-order valence-electron chi connectivity index (χ3n) is 7.67. The van der Waals surface area contributed by atoms with Crippen LogP contribution in [0.3, 0.4) is 0 Å². The van der Waals surface area contributed by atoms with Crippen molar-refractivity contribution >= 4 is 11.6 Å². The van der Waals surface area contributed by atoms with Crippen LogP contribution in [0.25, 0.3) is 0 Å². The van der Waals surface area contributed by atoms with Gasteiger partial charge in [0.1, 0.15) is 5.75 Å². The lowest BCUT2D eigenvalue weighted by Crippen LogP contribution is -2.21. The first kappa shape index (κ1) is 29.1. The molecule has 0 saturated heterocycles. The van der Waals surface area contributed by atoms with Crippen molar-refractivity contribution in [2.45, 2.75) is 122 Å². The molecule has 0 bridgehead atoms. The smallest absolute Gasteiger partial charge is 0.198 e. The summed E-state index contributed by atoms with van der Waals surface area (Å²) < 4.78 is 5.99. The van der Waals surface area contributed by atoms with Crippen molar-refractivity contribution in [3.8, 4) is 5.75 Å². The maximum atomic E-state index is 13.0. The van der Waals surface area contributed by atoms with Crippen molar-refractivity contribution in [1.29, 1.82) is 0 Å². The van der Waals surface area contributed by atoms with E-state index >= 15 is 0 Å². The summed E-state index contributed by atoms with van der Waals surface area (Å²) in [4.78, 5) is 25.9. The lowest BCUT2D eigenvalue weighted by molar-refractivity contribution is 0.0975. The van der Waals surface area contributed by atoms with Gasteiger partial charge in [0.05, 0.1) is 12.2 Å². The van der Waals surface area contributed by atoms with Gasteiger partial charge in [-0.25, -0.2) is 0 Å². The van der Waals surface area contributed by atoms with Gasteiger partial charge >= 0.3 is 0 Å². The molecule has 1 aliphatic carbocycles. The van der Waals surface area contributed by atoms with Gasteiger partial charge in [0.25, 0.3) is 0 Å². The second-order valence-electron chi connectivity index (χ2n) is 10.7. The molecular formula is C34H48O3. The Kier molecular flexibility index (Phi) is 13.5. The van der Waals surface area contributed by atoms with Crippen LogP contribution in [0, 0.1) is 0 Å². The standard InChI is InChI=1S/C34H48O3/c1-2-3-4-5-6-7-8-9-10-11-12-13-14-15-16-17-18-21-27-37-31-26-22-25-30-32(31)34(36)29-24-20-19-23-28(29)33(30)35/h19-20,22-26H,2-18,21,27H2,1H3. The predicted octanol–water partition coefficient (Wildman–Crippen LogP) is 9.88. The van der Waals surface area contributed by atoms with E-state index in [0.29, 0.717) is 34.6 Å². The Balaban J connectivity index is 1.19. The van der Waals surface area contributed by atoms with Crippen LogP contribution >= 0.6 is 0 Å². The van der Waals surface area contributed by atoms with Gasteiger partial charge in [-0.3, -0.25) is 9.59 Å². The molecule has 0 aliphatic heterocycles. The summed E-state index contributed by atoms with van der Waals surface area (Å²) in [6, 6.07) is 12.4. The van der Waals surface area contributed by atoms with Crippen LogP contribution in [0.2, 0.25) is 0 Å². The Labute approximate surface area is 225 Å². The first-order valence-electron chi connectivity index (χ1n) is 15.2. The number of carbonyl (C=O) groups is 2. The van der Waals surface area contributed by atoms with Gasteiger partial charge in [-0.15, -0.1) is 0 Å². The zero-order valence-electron chi connectivity index (χ0n) is 23.2. The molecule has 0 spiro atoms. The minimum absolute atomic E-state index is 0.0937. The molecular weight excluding hydrogens is 456 g/mol. The fourth-order valence-corrected chi connectivity index (χ4v) is 5.42. The molecule has 3 rings (SSSR count). The van der Waals surface area contributed by atoms with E-state index in [4.69, 9.17) is 4.74 Å². The summed E-state index contributed by atoms with van der Waals surface area (Å²) in [7, 11) is 0. The third-order valence-corrected chi connectivity index (χ3v) is 7.67. The van der Waals surface area contributed by atoms with Crippen molar-refractivity contribution in [3.63, 3.8) is 0 Å². The monoisotopic (exact) mass is 504 g/mol. The second kappa shape index (κ2) is 17.2. The summed E-state index contributed by atoms with van der Waals surface area (Å²) in [5, 5.41) is 0. The van der Waals surface area contributed by atoms with Gasteiger partial charge in [-0.05, 0) is 12.5 Å². The van der Waals surface area contributed by atoms with Crippen molar-refractivity contribution in [1.82, 2.24) is 0 Å². The van der Waals surface area contributed by atoms with Crippen molar-refractivity contribution in [3.05, 3.63) is 64.7 Å². The number of ether oxygens (including phenoxy) is 1. The van der Waals surface area contributed by atoms with Crippen molar-refractivity contribution < 1.29 is 14.3 Å². The molecule has 0 radical (unpaired) electrons. The molecule has 3 nitrogen and oxygen atoms in total. The van der Waals surface area contributed by atoms with Gasteiger partial charge in [0, 0.05) is 16.7 Å². The lowest BCUT2D eigenvalue weighted by Gasteiger charge is -2.20. The summed E-state index contributed by atoms with van der Waals surface area (Å²) in [5.41, 5.74) is 1.84. The van der Waals surface area contributed by atoms with E-state index in [9.17, 15) is 9.59 Å². The number of hydrogen-bond acceptors (Lipinski definition) is 3. The molecule has 0 amide bonds. The average molecular weight is 505 g/mol. The molecule has 0 atom stereocenters. The number of hydrogen-bond donors (Lipinski definition) is 0. The van der Waals surface area contributed by atoms with Gasteiger partial charge in [-0.1, -0.05) is 152 Å². The van der Waals surface area contributed by atoms with Gasteiger partial charge in [0.2, 0.25) is 0 Å². The molecule has 37 heavy (non-hydrogen) atoms. The van der Waals surface area contributed by atoms with Crippen LogP contribution in [0.4, 0.5) is 0 Å². The van der Waals surface area contributed by atoms with E-state index in [2.05, 4.69) is 6.92 Å². The first-order chi connectivity index (χ1) is 18.2. The number of rotatable bonds is 20. The number of unbranched alkanes of at least 4 members (excludes halogenated alkanes) is 17. The number of ketones is 2. The predicted molar refractivity (Wildman–Crippen MR) is 154 cm³/mol. The molecule has 0 unspecified atom stereocenters. The number of benzene rings is 2. The summed E-state index contributed by atoms with van der Waals surface area (Å²) in [6.45, 7) is 2.86. The molecule has 0 aromatic heterocycles. The topological polar surface area (TPSA) is 43.4 Å². The van der Waals surface area contributed by atoms with E-state index in [1.807, 2.05) is 12.1 Å². The van der Waals surface area contributed by atoms with Gasteiger partial charge in [-0.2, -0.15) is 0 Å². The van der Waals surface area contributed by atoms with E-state index in [1.54, 1.807) is 30.3 Å². The second-order valence-corrected chi connectivity index (χ2v) is 10.7. The van der Waals surface area contributed by atoms with Crippen molar-refractivity contribution in [2.75, 3.05) is 6.61 Å². The SMILES string of the molecule is CCCCCCCCCCCCCCCCCCCCOc1cccc2c1C(=O)c1ccccc1C2=O. The molecule has 202 valence electrons. The summed E-state index contributed by atoms with van der Waals surface area (Å²) in [6.07, 6.45) is 24.3. The molecule has 0 N–H and O–H groups in total. The van der Waals surface area contributed by atoms with E-state index in [0.717, 1.165) is 12.8 Å². The molecule has 2 aromatic rings. The zero-order valence-corrected chi connectivity index (χ0v) is 23.2. The fourth-order valence-electron chi connectivity index (χ4n) is 5.42. The molecule has 0 saturated carbocycles. The minimum Gasteiger partial charge on any atom is -0.493 e. The Morgan fingerprint density at radius 1 is 0.486 bits per heavy atom. The molecule has 0 heterocycles. The van der Waals surface area contributed by atoms with Crippen LogP contribution in [0.1, 0.15) is 154 Å². The van der Waals surface area contributed by atoms with Crippen LogP contribution < -0.4 is 4.74 Å². The van der Waals surface area contributed by atoms with Crippen molar-refractivity contribution in [2.24, 2.45) is 0 Å². The molecule has 0 fully saturated rings. The maximum Gasteiger partial charge on any atom is 0.198 e. The number of fused-ring (bicyclic) bond motifs is 2. The zero-order chi connectivity index (χ0) is 26.1. The highest BCUT2D eigenvalue weighted by molar-refractivity contribution is 6.29. The van der Waals surface area contributed by atoms with Crippen LogP contribution in [-0.4, -0.2) is 18.2 Å². The van der Waals surface area contributed by atoms with Gasteiger partial charge in [0.15, 0.2) is 11.6 Å².